The Morgan fingerprint density at radius 3 is 2.68 bits per heavy atom. The van der Waals surface area contributed by atoms with Crippen molar-refractivity contribution in [3.05, 3.63) is 16.6 Å². The second-order valence-corrected chi connectivity index (χ2v) is 5.38. The number of rotatable bonds is 5. The second kappa shape index (κ2) is 6.21. The van der Waals surface area contributed by atoms with E-state index in [9.17, 15) is 0 Å². The van der Waals surface area contributed by atoms with Crippen molar-refractivity contribution < 1.29 is 9.47 Å². The molecule has 19 heavy (non-hydrogen) atoms. The lowest BCUT2D eigenvalue weighted by Gasteiger charge is -2.11. The van der Waals surface area contributed by atoms with Crippen LogP contribution in [-0.2, 0) is 0 Å². The maximum atomic E-state index is 5.43. The first-order valence-electron chi connectivity index (χ1n) is 5.69. The monoisotopic (exact) mass is 343 g/mol. The average Bonchev–Trinajstić information content (AvgIpc) is 2.87. The molecule has 0 saturated heterocycles. The van der Waals surface area contributed by atoms with E-state index in [2.05, 4.69) is 31.4 Å². The Morgan fingerprint density at radius 2 is 2.05 bits per heavy atom. The highest BCUT2D eigenvalue weighted by Gasteiger charge is 2.17. The van der Waals surface area contributed by atoms with Crippen LogP contribution in [0.4, 0.5) is 5.13 Å². The van der Waals surface area contributed by atoms with Gasteiger partial charge in [0.15, 0.2) is 5.01 Å². The highest BCUT2D eigenvalue weighted by molar-refractivity contribution is 9.10. The van der Waals surface area contributed by atoms with Crippen LogP contribution in [0.2, 0.25) is 0 Å². The van der Waals surface area contributed by atoms with Gasteiger partial charge in [-0.2, -0.15) is 0 Å². The number of ether oxygens (including phenoxy) is 2. The molecule has 0 aliphatic carbocycles. The Bertz CT molecular complexity index is 574. The minimum atomic E-state index is 0.693. The Labute approximate surface area is 124 Å². The summed E-state index contributed by atoms with van der Waals surface area (Å²) in [5, 5.41) is 13.0. The maximum absolute atomic E-state index is 5.43. The number of hydrogen-bond donors (Lipinski definition) is 1. The summed E-state index contributed by atoms with van der Waals surface area (Å²) in [6, 6.07) is 3.79. The van der Waals surface area contributed by atoms with Crippen molar-refractivity contribution in [2.75, 3.05) is 26.1 Å². The fourth-order valence-electron chi connectivity index (χ4n) is 1.62. The van der Waals surface area contributed by atoms with Gasteiger partial charge in [0.25, 0.3) is 0 Å². The van der Waals surface area contributed by atoms with Crippen LogP contribution in [0.1, 0.15) is 6.92 Å². The molecule has 2 aromatic rings. The van der Waals surface area contributed by atoms with E-state index in [0.29, 0.717) is 5.75 Å². The molecule has 0 amide bonds. The second-order valence-electron chi connectivity index (χ2n) is 3.61. The van der Waals surface area contributed by atoms with Gasteiger partial charge in [-0.25, -0.2) is 0 Å². The van der Waals surface area contributed by atoms with Crippen molar-refractivity contribution in [3.63, 3.8) is 0 Å². The third-order valence-corrected chi connectivity index (χ3v) is 4.13. The molecular formula is C12H14BrN3O2S. The molecule has 0 aliphatic rings. The first kappa shape index (κ1) is 14.1. The molecule has 7 heteroatoms. The fraction of sp³-hybridized carbons (Fsp3) is 0.333. The number of anilines is 1. The summed E-state index contributed by atoms with van der Waals surface area (Å²) in [4.78, 5) is 0. The van der Waals surface area contributed by atoms with Gasteiger partial charge >= 0.3 is 0 Å². The van der Waals surface area contributed by atoms with Crippen LogP contribution in [0.25, 0.3) is 10.6 Å². The molecule has 0 saturated carbocycles. The molecule has 0 atom stereocenters. The van der Waals surface area contributed by atoms with Crippen molar-refractivity contribution in [3.8, 4) is 22.1 Å². The van der Waals surface area contributed by atoms with Crippen LogP contribution >= 0.6 is 27.3 Å². The van der Waals surface area contributed by atoms with Gasteiger partial charge in [0.2, 0.25) is 5.13 Å². The molecule has 0 radical (unpaired) electrons. The van der Waals surface area contributed by atoms with Crippen molar-refractivity contribution >= 4 is 32.4 Å². The van der Waals surface area contributed by atoms with E-state index in [-0.39, 0.29) is 0 Å². The third-order valence-electron chi connectivity index (χ3n) is 2.47. The molecule has 0 bridgehead atoms. The zero-order chi connectivity index (χ0) is 13.8. The predicted molar refractivity (Wildman–Crippen MR) is 80.3 cm³/mol. The number of nitrogens with zero attached hydrogens (tertiary/aromatic N) is 2. The normalized spacial score (nSPS) is 10.3. The molecule has 0 aliphatic heterocycles. The van der Waals surface area contributed by atoms with Crippen molar-refractivity contribution in [1.29, 1.82) is 0 Å². The van der Waals surface area contributed by atoms with E-state index in [1.54, 1.807) is 14.2 Å². The van der Waals surface area contributed by atoms with Crippen LogP contribution in [0.15, 0.2) is 16.6 Å². The Kier molecular flexibility index (Phi) is 4.60. The van der Waals surface area contributed by atoms with Gasteiger partial charge < -0.3 is 14.8 Å². The lowest BCUT2D eigenvalue weighted by molar-refractivity contribution is 0.390. The summed E-state index contributed by atoms with van der Waals surface area (Å²) in [5.74, 6) is 1.41. The van der Waals surface area contributed by atoms with E-state index in [4.69, 9.17) is 9.47 Å². The highest BCUT2D eigenvalue weighted by atomic mass is 79.9. The summed E-state index contributed by atoms with van der Waals surface area (Å²) in [6.07, 6.45) is 0. The first-order valence-corrected chi connectivity index (χ1v) is 7.30. The van der Waals surface area contributed by atoms with Gasteiger partial charge in [0, 0.05) is 6.54 Å². The summed E-state index contributed by atoms with van der Waals surface area (Å²) >= 11 is 4.97. The van der Waals surface area contributed by atoms with Gasteiger partial charge in [-0.05, 0) is 35.0 Å². The SMILES string of the molecule is CCNc1nnc(-c2ccc(OC)c(Br)c2OC)s1. The van der Waals surface area contributed by atoms with E-state index < -0.39 is 0 Å². The maximum Gasteiger partial charge on any atom is 0.205 e. The lowest BCUT2D eigenvalue weighted by atomic mass is 10.2. The number of aromatic nitrogens is 2. The number of methoxy groups -OCH3 is 2. The number of hydrogen-bond acceptors (Lipinski definition) is 6. The van der Waals surface area contributed by atoms with Crippen molar-refractivity contribution in [2.24, 2.45) is 0 Å². The molecule has 1 heterocycles. The third kappa shape index (κ3) is 2.82. The van der Waals surface area contributed by atoms with Crippen molar-refractivity contribution in [2.45, 2.75) is 6.92 Å². The van der Waals surface area contributed by atoms with E-state index in [0.717, 1.165) is 32.5 Å². The molecule has 1 aromatic heterocycles. The van der Waals surface area contributed by atoms with E-state index in [1.165, 1.54) is 11.3 Å². The molecule has 0 unspecified atom stereocenters. The van der Waals surface area contributed by atoms with Gasteiger partial charge in [0.1, 0.15) is 16.0 Å². The summed E-state index contributed by atoms with van der Waals surface area (Å²) in [5.41, 5.74) is 0.886. The summed E-state index contributed by atoms with van der Waals surface area (Å²) in [7, 11) is 3.24. The number of nitrogens with one attached hydrogen (secondary N) is 1. The minimum Gasteiger partial charge on any atom is -0.495 e. The van der Waals surface area contributed by atoms with Gasteiger partial charge in [0.05, 0.1) is 19.8 Å². The van der Waals surface area contributed by atoms with Gasteiger partial charge in [-0.15, -0.1) is 10.2 Å². The zero-order valence-corrected chi connectivity index (χ0v) is 13.3. The predicted octanol–water partition coefficient (Wildman–Crippen LogP) is 3.42. The zero-order valence-electron chi connectivity index (χ0n) is 10.9. The topological polar surface area (TPSA) is 56.3 Å². The number of halogens is 1. The van der Waals surface area contributed by atoms with Crippen LogP contribution in [-0.4, -0.2) is 31.0 Å². The molecule has 0 fully saturated rings. The molecular weight excluding hydrogens is 330 g/mol. The fourth-order valence-corrected chi connectivity index (χ4v) is 3.12. The van der Waals surface area contributed by atoms with Crippen LogP contribution < -0.4 is 14.8 Å². The van der Waals surface area contributed by atoms with Gasteiger partial charge in [-0.3, -0.25) is 0 Å². The molecule has 0 spiro atoms. The Hall–Kier alpha value is -1.34. The highest BCUT2D eigenvalue weighted by Crippen LogP contribution is 2.43. The largest absolute Gasteiger partial charge is 0.495 e. The Morgan fingerprint density at radius 1 is 1.26 bits per heavy atom. The van der Waals surface area contributed by atoms with Crippen LogP contribution in [0.5, 0.6) is 11.5 Å². The average molecular weight is 344 g/mol. The molecule has 5 nitrogen and oxygen atoms in total. The quantitative estimate of drug-likeness (QED) is 0.901. The number of benzene rings is 1. The van der Waals surface area contributed by atoms with Crippen LogP contribution in [0.3, 0.4) is 0 Å². The van der Waals surface area contributed by atoms with Crippen LogP contribution in [0, 0.1) is 0 Å². The van der Waals surface area contributed by atoms with Crippen molar-refractivity contribution in [1.82, 2.24) is 10.2 Å². The standard InChI is InChI=1S/C12H14BrN3O2S/c1-4-14-12-16-15-11(19-12)7-5-6-8(17-2)9(13)10(7)18-3/h5-6H,4H2,1-3H3,(H,14,16). The van der Waals surface area contributed by atoms with E-state index in [1.807, 2.05) is 19.1 Å². The summed E-state index contributed by atoms with van der Waals surface area (Å²) in [6.45, 7) is 2.84. The lowest BCUT2D eigenvalue weighted by Crippen LogP contribution is -1.94. The van der Waals surface area contributed by atoms with Gasteiger partial charge in [-0.1, -0.05) is 11.3 Å². The van der Waals surface area contributed by atoms with E-state index >= 15 is 0 Å². The minimum absolute atomic E-state index is 0.693. The first-order chi connectivity index (χ1) is 9.21. The smallest absolute Gasteiger partial charge is 0.205 e. The molecule has 1 aromatic carbocycles. The Balaban J connectivity index is 2.46. The summed E-state index contributed by atoms with van der Waals surface area (Å²) < 4.78 is 11.5. The molecule has 1 N–H and O–H groups in total. The molecule has 102 valence electrons. The molecule has 2 rings (SSSR count).